The third-order valence-electron chi connectivity index (χ3n) is 3.77. The minimum atomic E-state index is -0.154. The summed E-state index contributed by atoms with van der Waals surface area (Å²) in [4.78, 5) is 0. The molecule has 1 heterocycles. The fourth-order valence-electron chi connectivity index (χ4n) is 2.49. The van der Waals surface area contributed by atoms with Crippen LogP contribution in [0.25, 0.3) is 0 Å². The van der Waals surface area contributed by atoms with Crippen LogP contribution in [-0.4, -0.2) is 6.61 Å². The normalized spacial score (nSPS) is 11.9. The van der Waals surface area contributed by atoms with Crippen molar-refractivity contribution in [2.45, 2.75) is 19.6 Å². The molecule has 0 aliphatic carbocycles. The van der Waals surface area contributed by atoms with Crippen LogP contribution in [0, 0.1) is 0 Å². The summed E-state index contributed by atoms with van der Waals surface area (Å²) in [6.07, 6.45) is 0. The lowest BCUT2D eigenvalue weighted by atomic mass is 10.0. The summed E-state index contributed by atoms with van der Waals surface area (Å²) in [6, 6.07) is 17.9. The van der Waals surface area contributed by atoms with Crippen LogP contribution >= 0.6 is 11.3 Å². The molecule has 3 nitrogen and oxygen atoms in total. The Morgan fingerprint density at radius 1 is 0.958 bits per heavy atom. The smallest absolute Gasteiger partial charge is 0.161 e. The molecule has 124 valence electrons. The molecule has 0 aliphatic rings. The van der Waals surface area contributed by atoms with Gasteiger partial charge in [-0.1, -0.05) is 36.4 Å². The van der Waals surface area contributed by atoms with Gasteiger partial charge in [-0.25, -0.2) is 0 Å². The molecule has 0 aliphatic heterocycles. The predicted molar refractivity (Wildman–Crippen MR) is 98.7 cm³/mol. The van der Waals surface area contributed by atoms with Crippen LogP contribution in [0.15, 0.2) is 65.4 Å². The predicted octanol–water partition coefficient (Wildman–Crippen LogP) is 4.77. The van der Waals surface area contributed by atoms with Gasteiger partial charge in [-0.05, 0) is 52.6 Å². The second-order valence-corrected chi connectivity index (χ2v) is 6.23. The van der Waals surface area contributed by atoms with Crippen LogP contribution in [0.5, 0.6) is 11.5 Å². The van der Waals surface area contributed by atoms with Gasteiger partial charge in [-0.3, -0.25) is 0 Å². The molecule has 2 N–H and O–H groups in total. The summed E-state index contributed by atoms with van der Waals surface area (Å²) in [6.45, 7) is 3.06. The van der Waals surface area contributed by atoms with Gasteiger partial charge in [-0.2, -0.15) is 11.3 Å². The van der Waals surface area contributed by atoms with Crippen molar-refractivity contribution in [1.82, 2.24) is 0 Å². The van der Waals surface area contributed by atoms with Gasteiger partial charge in [0.2, 0.25) is 0 Å². The molecule has 3 rings (SSSR count). The van der Waals surface area contributed by atoms with Crippen LogP contribution < -0.4 is 15.2 Å². The number of ether oxygens (including phenoxy) is 2. The van der Waals surface area contributed by atoms with Crippen LogP contribution in [-0.2, 0) is 6.61 Å². The molecule has 0 saturated heterocycles. The standard InChI is InChI=1S/C20H21NO2S/c1-2-22-19-12-16(20(21)17-10-11-24-14-17)8-9-18(19)23-13-15-6-4-3-5-7-15/h3-12,14,20H,2,13,21H2,1H3/t20-/m1/s1. The van der Waals surface area contributed by atoms with Crippen LogP contribution in [0.1, 0.15) is 29.7 Å². The number of thiophene rings is 1. The molecule has 0 saturated carbocycles. The Morgan fingerprint density at radius 2 is 1.79 bits per heavy atom. The maximum absolute atomic E-state index is 6.35. The highest BCUT2D eigenvalue weighted by molar-refractivity contribution is 7.08. The molecule has 4 heteroatoms. The Bertz CT molecular complexity index is 757. The van der Waals surface area contributed by atoms with E-state index in [-0.39, 0.29) is 6.04 Å². The minimum Gasteiger partial charge on any atom is -0.490 e. The fraction of sp³-hybridized carbons (Fsp3) is 0.200. The van der Waals surface area contributed by atoms with E-state index in [9.17, 15) is 0 Å². The first-order valence-electron chi connectivity index (χ1n) is 7.99. The van der Waals surface area contributed by atoms with E-state index in [0.29, 0.717) is 13.2 Å². The topological polar surface area (TPSA) is 44.5 Å². The van der Waals surface area contributed by atoms with Gasteiger partial charge >= 0.3 is 0 Å². The highest BCUT2D eigenvalue weighted by Gasteiger charge is 2.13. The van der Waals surface area contributed by atoms with Gasteiger partial charge in [0.1, 0.15) is 6.61 Å². The molecule has 2 aromatic carbocycles. The van der Waals surface area contributed by atoms with Crippen molar-refractivity contribution in [3.8, 4) is 11.5 Å². The highest BCUT2D eigenvalue weighted by Crippen LogP contribution is 2.33. The Morgan fingerprint density at radius 3 is 2.50 bits per heavy atom. The third kappa shape index (κ3) is 3.96. The zero-order valence-corrected chi connectivity index (χ0v) is 14.5. The fourth-order valence-corrected chi connectivity index (χ4v) is 3.18. The number of benzene rings is 2. The maximum Gasteiger partial charge on any atom is 0.161 e. The van der Waals surface area contributed by atoms with Gasteiger partial charge < -0.3 is 15.2 Å². The van der Waals surface area contributed by atoms with E-state index in [1.54, 1.807) is 11.3 Å². The van der Waals surface area contributed by atoms with Crippen molar-refractivity contribution in [3.05, 3.63) is 82.0 Å². The van der Waals surface area contributed by atoms with E-state index in [1.807, 2.05) is 60.8 Å². The first-order chi connectivity index (χ1) is 11.8. The molecule has 0 radical (unpaired) electrons. The molecule has 0 amide bonds. The SMILES string of the molecule is CCOc1cc([C@@H](N)c2ccsc2)ccc1OCc1ccccc1. The second-order valence-electron chi connectivity index (χ2n) is 5.45. The monoisotopic (exact) mass is 339 g/mol. The third-order valence-corrected chi connectivity index (χ3v) is 4.47. The average molecular weight is 339 g/mol. The van der Waals surface area contributed by atoms with Crippen LogP contribution in [0.4, 0.5) is 0 Å². The zero-order chi connectivity index (χ0) is 16.8. The van der Waals surface area contributed by atoms with E-state index in [2.05, 4.69) is 11.4 Å². The van der Waals surface area contributed by atoms with E-state index in [1.165, 1.54) is 0 Å². The quantitative estimate of drug-likeness (QED) is 0.674. The molecule has 1 atom stereocenters. The number of hydrogen-bond donors (Lipinski definition) is 1. The Hall–Kier alpha value is -2.30. The van der Waals surface area contributed by atoms with E-state index in [4.69, 9.17) is 15.2 Å². The van der Waals surface area contributed by atoms with Crippen molar-refractivity contribution < 1.29 is 9.47 Å². The summed E-state index contributed by atoms with van der Waals surface area (Å²) >= 11 is 1.65. The Balaban J connectivity index is 1.79. The van der Waals surface area contributed by atoms with Gasteiger partial charge in [0, 0.05) is 0 Å². The molecule has 1 aromatic heterocycles. The molecule has 24 heavy (non-hydrogen) atoms. The van der Waals surface area contributed by atoms with Crippen LogP contribution in [0.3, 0.4) is 0 Å². The van der Waals surface area contributed by atoms with E-state index < -0.39 is 0 Å². The van der Waals surface area contributed by atoms with Crippen molar-refractivity contribution in [2.24, 2.45) is 5.73 Å². The second kappa shape index (κ2) is 7.99. The van der Waals surface area contributed by atoms with Crippen molar-refractivity contribution >= 4 is 11.3 Å². The lowest BCUT2D eigenvalue weighted by molar-refractivity contribution is 0.269. The largest absolute Gasteiger partial charge is 0.490 e. The summed E-state index contributed by atoms with van der Waals surface area (Å²) < 4.78 is 11.7. The number of nitrogens with two attached hydrogens (primary N) is 1. The van der Waals surface area contributed by atoms with Gasteiger partial charge in [-0.15, -0.1) is 0 Å². The van der Waals surface area contributed by atoms with Crippen molar-refractivity contribution in [2.75, 3.05) is 6.61 Å². The molecule has 0 unspecified atom stereocenters. The summed E-state index contributed by atoms with van der Waals surface area (Å²) in [7, 11) is 0. The minimum absolute atomic E-state index is 0.154. The first kappa shape index (κ1) is 16.6. The van der Waals surface area contributed by atoms with E-state index >= 15 is 0 Å². The average Bonchev–Trinajstić information content (AvgIpc) is 3.16. The number of rotatable bonds is 7. The van der Waals surface area contributed by atoms with Crippen molar-refractivity contribution in [3.63, 3.8) is 0 Å². The molecular formula is C20H21NO2S. The van der Waals surface area contributed by atoms with Gasteiger partial charge in [0.25, 0.3) is 0 Å². The first-order valence-corrected chi connectivity index (χ1v) is 8.93. The van der Waals surface area contributed by atoms with Gasteiger partial charge in [0.15, 0.2) is 11.5 Å². The zero-order valence-electron chi connectivity index (χ0n) is 13.6. The molecule has 3 aromatic rings. The lowest BCUT2D eigenvalue weighted by Gasteiger charge is -2.16. The summed E-state index contributed by atoms with van der Waals surface area (Å²) in [5.74, 6) is 1.47. The highest BCUT2D eigenvalue weighted by atomic mass is 32.1. The van der Waals surface area contributed by atoms with Crippen LogP contribution in [0.2, 0.25) is 0 Å². The molecular weight excluding hydrogens is 318 g/mol. The number of hydrogen-bond acceptors (Lipinski definition) is 4. The molecule has 0 bridgehead atoms. The summed E-state index contributed by atoms with van der Waals surface area (Å²) in [5.41, 5.74) is 9.60. The maximum atomic E-state index is 6.35. The summed E-state index contributed by atoms with van der Waals surface area (Å²) in [5, 5.41) is 4.11. The van der Waals surface area contributed by atoms with Gasteiger partial charge in [0.05, 0.1) is 12.6 Å². The lowest BCUT2D eigenvalue weighted by Crippen LogP contribution is -2.11. The Labute approximate surface area is 146 Å². The Kier molecular flexibility index (Phi) is 5.51. The molecule has 0 fully saturated rings. The molecule has 0 spiro atoms. The van der Waals surface area contributed by atoms with Crippen molar-refractivity contribution in [1.29, 1.82) is 0 Å². The van der Waals surface area contributed by atoms with E-state index in [0.717, 1.165) is 28.2 Å².